The maximum atomic E-state index is 14.6. The lowest BCUT2D eigenvalue weighted by molar-refractivity contribution is -0.304. The van der Waals surface area contributed by atoms with Gasteiger partial charge in [-0.25, -0.2) is 9.78 Å². The molecule has 1 amide bonds. The first-order valence-corrected chi connectivity index (χ1v) is 22.2. The first-order valence-electron chi connectivity index (χ1n) is 22.2. The van der Waals surface area contributed by atoms with Crippen molar-refractivity contribution in [3.05, 3.63) is 42.1 Å². The van der Waals surface area contributed by atoms with Crippen LogP contribution >= 0.6 is 0 Å². The number of alkyl carbamates (subject to hydrolysis) is 1. The van der Waals surface area contributed by atoms with Gasteiger partial charge in [0, 0.05) is 36.4 Å². The molecule has 2 aromatic heterocycles. The normalized spacial score (nSPS) is 37.0. The molecule has 0 spiro atoms. The molecule has 0 unspecified atom stereocenters. The fraction of sp³-hybridized carbons (Fsp3) is 0.674. The van der Waals surface area contributed by atoms with Crippen LogP contribution in [0.15, 0.2) is 41.7 Å². The molecule has 352 valence electrons. The highest BCUT2D eigenvalue weighted by atomic mass is 16.7. The number of amides is 1. The number of rotatable bonds is 9. The molecule has 3 N–H and O–H groups in total. The number of nitrogen functional groups attached to an aromatic ring is 1. The predicted molar refractivity (Wildman–Crippen MR) is 233 cm³/mol. The Bertz CT molecular complexity index is 2020. The van der Waals surface area contributed by atoms with Crippen LogP contribution in [0.5, 0.6) is 0 Å². The third-order valence-electron chi connectivity index (χ3n) is 13.2. The van der Waals surface area contributed by atoms with Crippen LogP contribution in [-0.4, -0.2) is 132 Å². The Hall–Kier alpha value is -4.75. The van der Waals surface area contributed by atoms with Crippen molar-refractivity contribution in [3.63, 3.8) is 0 Å². The lowest BCUT2D eigenvalue weighted by atomic mass is 9.73. The van der Waals surface area contributed by atoms with Gasteiger partial charge in [-0.3, -0.25) is 19.4 Å². The van der Waals surface area contributed by atoms with Crippen LogP contribution in [0.3, 0.4) is 0 Å². The molecular formula is C46H66N6O12. The van der Waals surface area contributed by atoms with Gasteiger partial charge in [0.05, 0.1) is 66.5 Å². The van der Waals surface area contributed by atoms with Crippen LogP contribution < -0.4 is 11.1 Å². The number of nitrogens with one attached hydrogen (secondary N) is 1. The number of nitrogens with two attached hydrogens (primary N) is 1. The summed E-state index contributed by atoms with van der Waals surface area (Å²) < 4.78 is 45.2. The third-order valence-corrected chi connectivity index (χ3v) is 13.2. The Kier molecular flexibility index (Phi) is 15.4. The highest BCUT2D eigenvalue weighted by Gasteiger charge is 2.58. The van der Waals surface area contributed by atoms with Crippen LogP contribution in [0.1, 0.15) is 87.1 Å². The zero-order valence-electron chi connectivity index (χ0n) is 38.9. The first-order chi connectivity index (χ1) is 30.2. The van der Waals surface area contributed by atoms with E-state index >= 15 is 0 Å². The fourth-order valence-corrected chi connectivity index (χ4v) is 9.85. The van der Waals surface area contributed by atoms with E-state index in [1.807, 2.05) is 77.9 Å². The summed E-state index contributed by atoms with van der Waals surface area (Å²) in [5, 5.41) is 7.32. The number of nitrogens with zero attached hydrogens (tertiary/aromatic N) is 4. The van der Waals surface area contributed by atoms with E-state index in [4.69, 9.17) is 43.7 Å². The number of hydrogen-bond acceptors (Lipinski definition) is 17. The standard InChI is InChI=1S/C46H66N6O12/c1-12-35-46(9)40(50-44(56)64-46)26(4)37(54)24(2)19-45(8)41(63-43-39(61-29(7)53)34(52(10)11)18-25(3)60-43)27(5)38(28(6)42(55)62-35)57-22-31(23-58-45)51-59-21-30-16-17-32(48-20-30)33-14-13-15-36(47)49-33/h13-17,20,24-28,34-35,38-41,43H,12,18-19,21-23H2,1-11H3,(H2,47,49)(H,50,56)/b51-31-/t24-,25-,26+,27+,28-,34+,35-,38+,39-,40-,41-,43+,45-,46-/m1/s1. The fourth-order valence-electron chi connectivity index (χ4n) is 9.85. The number of pyridine rings is 2. The Morgan fingerprint density at radius 3 is 2.44 bits per heavy atom. The van der Waals surface area contributed by atoms with Crippen molar-refractivity contribution < 1.29 is 57.2 Å². The summed E-state index contributed by atoms with van der Waals surface area (Å²) in [5.41, 5.74) is 5.59. The maximum Gasteiger partial charge on any atom is 0.408 e. The summed E-state index contributed by atoms with van der Waals surface area (Å²) in [5.74, 6) is -3.89. The predicted octanol–water partition coefficient (Wildman–Crippen LogP) is 4.86. The molecule has 6 heterocycles. The maximum absolute atomic E-state index is 14.6. The van der Waals surface area contributed by atoms with Crippen molar-refractivity contribution in [2.45, 2.75) is 148 Å². The number of carbonyl (C=O) groups is 4. The topological polar surface area (TPSA) is 222 Å². The van der Waals surface area contributed by atoms with Crippen LogP contribution in [0.2, 0.25) is 0 Å². The van der Waals surface area contributed by atoms with E-state index in [1.54, 1.807) is 33.0 Å². The van der Waals surface area contributed by atoms with Gasteiger partial charge in [-0.1, -0.05) is 45.0 Å². The number of hydrogen-bond donors (Lipinski definition) is 2. The minimum absolute atomic E-state index is 0.0643. The number of fused-ring (bicyclic) bond motifs is 4. The highest BCUT2D eigenvalue weighted by Crippen LogP contribution is 2.42. The number of oxime groups is 1. The van der Waals surface area contributed by atoms with Crippen LogP contribution in [0.25, 0.3) is 11.4 Å². The Balaban J connectivity index is 1.39. The monoisotopic (exact) mass is 894 g/mol. The van der Waals surface area contributed by atoms with Crippen molar-refractivity contribution in [2.75, 3.05) is 33.0 Å². The molecule has 0 saturated carbocycles. The zero-order chi connectivity index (χ0) is 46.7. The highest BCUT2D eigenvalue weighted by molar-refractivity contribution is 5.87. The number of ketones is 1. The van der Waals surface area contributed by atoms with Crippen LogP contribution in [0.4, 0.5) is 10.6 Å². The smallest absolute Gasteiger partial charge is 0.408 e. The van der Waals surface area contributed by atoms with Crippen LogP contribution in [-0.2, 0) is 59.0 Å². The lowest BCUT2D eigenvalue weighted by Gasteiger charge is -2.49. The summed E-state index contributed by atoms with van der Waals surface area (Å²) in [6.45, 7) is 15.7. The molecule has 64 heavy (non-hydrogen) atoms. The number of likely N-dealkylation sites (N-methyl/N-ethyl adjacent to an activating group) is 1. The van der Waals surface area contributed by atoms with Crippen molar-refractivity contribution in [1.82, 2.24) is 20.2 Å². The van der Waals surface area contributed by atoms with Crippen molar-refractivity contribution in [3.8, 4) is 11.4 Å². The molecule has 2 aromatic rings. The number of esters is 2. The Labute approximate surface area is 375 Å². The molecule has 0 aromatic carbocycles. The SMILES string of the molecule is CC[C@H]1OC(=O)[C@H](C)[C@H]2OC/C(=N/OCc3ccc(-c4cccc(N)n4)nc3)CO[C@](C)(C[C@@H](C)C(=O)[C@H](C)[C@H]3NC(=O)O[C@@]31C)[C@H](O[C@@H]1O[C@H](C)C[C@H](N(C)C)[C@H]1OC(C)=O)[C@H]2C. The molecule has 4 aliphatic heterocycles. The molecule has 14 atom stereocenters. The molecule has 4 fully saturated rings. The van der Waals surface area contributed by atoms with E-state index in [0.29, 0.717) is 35.8 Å². The number of carbonyl (C=O) groups excluding carboxylic acids is 4. The van der Waals surface area contributed by atoms with Gasteiger partial charge >= 0.3 is 18.0 Å². The summed E-state index contributed by atoms with van der Waals surface area (Å²) in [7, 11) is 3.81. The van der Waals surface area contributed by atoms with Gasteiger partial charge in [0.15, 0.2) is 18.0 Å². The average Bonchev–Trinajstić information content (AvgIpc) is 3.58. The summed E-state index contributed by atoms with van der Waals surface area (Å²) >= 11 is 0. The molecular weight excluding hydrogens is 829 g/mol. The van der Waals surface area contributed by atoms with E-state index in [-0.39, 0.29) is 44.2 Å². The Morgan fingerprint density at radius 2 is 1.78 bits per heavy atom. The quantitative estimate of drug-likeness (QED) is 0.195. The summed E-state index contributed by atoms with van der Waals surface area (Å²) in [4.78, 5) is 71.4. The largest absolute Gasteiger partial charge is 0.458 e. The van der Waals surface area contributed by atoms with Gasteiger partial charge in [0.1, 0.15) is 30.0 Å². The second-order valence-electron chi connectivity index (χ2n) is 18.5. The van der Waals surface area contributed by atoms with Gasteiger partial charge in [0.25, 0.3) is 0 Å². The van der Waals surface area contributed by atoms with Crippen molar-refractivity contribution >= 4 is 35.3 Å². The number of Topliss-reactive ketones (excluding diaryl/α,β-unsaturated/α-hetero) is 1. The third kappa shape index (κ3) is 10.7. The lowest BCUT2D eigenvalue weighted by Crippen LogP contribution is -2.61. The minimum atomic E-state index is -1.36. The molecule has 0 aliphatic carbocycles. The second-order valence-corrected chi connectivity index (χ2v) is 18.5. The molecule has 18 nitrogen and oxygen atoms in total. The molecule has 2 bridgehead atoms. The number of aromatic nitrogens is 2. The number of ether oxygens (including phenoxy) is 7. The molecule has 6 rings (SSSR count). The number of cyclic esters (lactones) is 1. The summed E-state index contributed by atoms with van der Waals surface area (Å²) in [6.07, 6.45) is -3.02. The van der Waals surface area contributed by atoms with E-state index in [0.717, 1.165) is 5.56 Å². The molecule has 18 heteroatoms. The molecule has 4 aliphatic rings. The average molecular weight is 895 g/mol. The van der Waals surface area contributed by atoms with Gasteiger partial charge in [0.2, 0.25) is 0 Å². The van der Waals surface area contributed by atoms with Crippen molar-refractivity contribution in [1.29, 1.82) is 0 Å². The van der Waals surface area contributed by atoms with Gasteiger partial charge < -0.3 is 53.9 Å². The zero-order valence-corrected chi connectivity index (χ0v) is 38.9. The molecule has 0 radical (unpaired) electrons. The Morgan fingerprint density at radius 1 is 1.03 bits per heavy atom. The van der Waals surface area contributed by atoms with E-state index in [1.165, 1.54) is 6.92 Å². The summed E-state index contributed by atoms with van der Waals surface area (Å²) in [6, 6.07) is 7.93. The van der Waals surface area contributed by atoms with E-state index < -0.39 is 89.7 Å². The van der Waals surface area contributed by atoms with Gasteiger partial charge in [-0.2, -0.15) is 0 Å². The second kappa shape index (κ2) is 20.2. The molecule has 4 saturated heterocycles. The van der Waals surface area contributed by atoms with Crippen LogP contribution in [0, 0.1) is 23.7 Å². The number of anilines is 1. The van der Waals surface area contributed by atoms with Gasteiger partial charge in [-0.15, -0.1) is 0 Å². The van der Waals surface area contributed by atoms with E-state index in [9.17, 15) is 19.2 Å². The van der Waals surface area contributed by atoms with Crippen molar-refractivity contribution in [2.24, 2.45) is 28.8 Å². The van der Waals surface area contributed by atoms with Gasteiger partial charge in [-0.05, 0) is 79.3 Å². The first kappa shape index (κ1) is 48.7. The minimum Gasteiger partial charge on any atom is -0.458 e. The van der Waals surface area contributed by atoms with E-state index in [2.05, 4.69) is 20.4 Å².